The number of hydrogen-bond donors (Lipinski definition) is 0. The van der Waals surface area contributed by atoms with Gasteiger partial charge in [0.1, 0.15) is 0 Å². The SMILES string of the molecule is O=[N+]([O-])c1ccc(CS(=O)(=O)N2CCN(CCc3ccccc3)CC2)cc1. The Balaban J connectivity index is 1.51. The number of hydrogen-bond acceptors (Lipinski definition) is 5. The molecule has 0 amide bonds. The summed E-state index contributed by atoms with van der Waals surface area (Å²) in [5.41, 5.74) is 1.81. The zero-order valence-electron chi connectivity index (χ0n) is 15.0. The Morgan fingerprint density at radius 3 is 2.11 bits per heavy atom. The number of non-ortho nitro benzene ring substituents is 1. The van der Waals surface area contributed by atoms with Crippen LogP contribution in [0.5, 0.6) is 0 Å². The van der Waals surface area contributed by atoms with Gasteiger partial charge in [0.15, 0.2) is 0 Å². The van der Waals surface area contributed by atoms with Crippen molar-refractivity contribution in [3.8, 4) is 0 Å². The molecule has 1 heterocycles. The first kappa shape index (κ1) is 19.5. The normalized spacial score (nSPS) is 16.3. The fraction of sp³-hybridized carbons (Fsp3) is 0.368. The molecule has 0 atom stereocenters. The third kappa shape index (κ3) is 5.35. The Morgan fingerprint density at radius 1 is 0.889 bits per heavy atom. The molecule has 1 aliphatic heterocycles. The highest BCUT2D eigenvalue weighted by Crippen LogP contribution is 2.17. The second-order valence-corrected chi connectivity index (χ2v) is 8.62. The molecule has 0 spiro atoms. The molecule has 0 bridgehead atoms. The highest BCUT2D eigenvalue weighted by atomic mass is 32.2. The number of piperazine rings is 1. The molecule has 0 radical (unpaired) electrons. The number of sulfonamides is 1. The van der Waals surface area contributed by atoms with Gasteiger partial charge < -0.3 is 4.90 Å². The van der Waals surface area contributed by atoms with Gasteiger partial charge >= 0.3 is 0 Å². The van der Waals surface area contributed by atoms with Crippen LogP contribution in [0.2, 0.25) is 0 Å². The number of nitro benzene ring substituents is 1. The predicted molar refractivity (Wildman–Crippen MR) is 104 cm³/mol. The fourth-order valence-corrected chi connectivity index (χ4v) is 4.69. The molecule has 144 valence electrons. The summed E-state index contributed by atoms with van der Waals surface area (Å²) in [7, 11) is -3.42. The molecule has 1 aliphatic rings. The standard InChI is InChI=1S/C19H23N3O4S/c23-22(24)19-8-6-18(7-9-19)16-27(25,26)21-14-12-20(13-15-21)11-10-17-4-2-1-3-5-17/h1-9H,10-16H2. The van der Waals surface area contributed by atoms with Crippen LogP contribution >= 0.6 is 0 Å². The fourth-order valence-electron chi connectivity index (χ4n) is 3.18. The molecule has 1 fully saturated rings. The minimum absolute atomic E-state index is 0.0387. The highest BCUT2D eigenvalue weighted by molar-refractivity contribution is 7.88. The average molecular weight is 389 g/mol. The second kappa shape index (κ2) is 8.60. The lowest BCUT2D eigenvalue weighted by Crippen LogP contribution is -2.49. The minimum atomic E-state index is -3.42. The molecular formula is C19H23N3O4S. The Morgan fingerprint density at radius 2 is 1.52 bits per heavy atom. The largest absolute Gasteiger partial charge is 0.300 e. The summed E-state index contributed by atoms with van der Waals surface area (Å²) >= 11 is 0. The van der Waals surface area contributed by atoms with Crippen molar-refractivity contribution in [2.24, 2.45) is 0 Å². The number of nitrogens with zero attached hydrogens (tertiary/aromatic N) is 3. The first-order valence-electron chi connectivity index (χ1n) is 8.91. The van der Waals surface area contributed by atoms with Crippen molar-refractivity contribution in [3.63, 3.8) is 0 Å². The van der Waals surface area contributed by atoms with E-state index in [1.807, 2.05) is 18.2 Å². The molecule has 2 aromatic rings. The molecule has 7 nitrogen and oxygen atoms in total. The van der Waals surface area contributed by atoms with E-state index in [0.29, 0.717) is 31.7 Å². The Labute approximate surface area is 159 Å². The van der Waals surface area contributed by atoms with Crippen molar-refractivity contribution in [2.75, 3.05) is 32.7 Å². The Bertz CT molecular complexity index is 862. The maximum Gasteiger partial charge on any atom is 0.269 e. The number of rotatable bonds is 7. The van der Waals surface area contributed by atoms with E-state index >= 15 is 0 Å². The molecule has 2 aromatic carbocycles. The van der Waals surface area contributed by atoms with Gasteiger partial charge in [0, 0.05) is 44.9 Å². The van der Waals surface area contributed by atoms with Crippen LogP contribution < -0.4 is 0 Å². The van der Waals surface area contributed by atoms with Gasteiger partial charge in [-0.05, 0) is 17.5 Å². The molecule has 8 heteroatoms. The monoisotopic (exact) mass is 389 g/mol. The van der Waals surface area contributed by atoms with Gasteiger partial charge in [-0.1, -0.05) is 42.5 Å². The summed E-state index contributed by atoms with van der Waals surface area (Å²) in [4.78, 5) is 12.5. The molecule has 0 N–H and O–H groups in total. The summed E-state index contributed by atoms with van der Waals surface area (Å²) in [5, 5.41) is 10.7. The molecular weight excluding hydrogens is 366 g/mol. The third-order valence-electron chi connectivity index (χ3n) is 4.78. The van der Waals surface area contributed by atoms with Gasteiger partial charge in [-0.25, -0.2) is 8.42 Å². The summed E-state index contributed by atoms with van der Waals surface area (Å²) in [6.07, 6.45) is 0.955. The Kier molecular flexibility index (Phi) is 6.20. The first-order chi connectivity index (χ1) is 12.9. The lowest BCUT2D eigenvalue weighted by Gasteiger charge is -2.34. The van der Waals surface area contributed by atoms with Gasteiger partial charge in [-0.3, -0.25) is 10.1 Å². The van der Waals surface area contributed by atoms with E-state index < -0.39 is 14.9 Å². The topological polar surface area (TPSA) is 83.8 Å². The summed E-state index contributed by atoms with van der Waals surface area (Å²) < 4.78 is 26.8. The number of benzene rings is 2. The van der Waals surface area contributed by atoms with Crippen LogP contribution in [0, 0.1) is 10.1 Å². The van der Waals surface area contributed by atoms with Crippen LogP contribution in [0.15, 0.2) is 54.6 Å². The van der Waals surface area contributed by atoms with Gasteiger partial charge in [-0.15, -0.1) is 0 Å². The Hall–Kier alpha value is -2.29. The van der Waals surface area contributed by atoms with Crippen molar-refractivity contribution in [1.82, 2.24) is 9.21 Å². The first-order valence-corrected chi connectivity index (χ1v) is 10.5. The summed E-state index contributed by atoms with van der Waals surface area (Å²) in [6, 6.07) is 15.9. The summed E-state index contributed by atoms with van der Waals surface area (Å²) in [6.45, 7) is 3.30. The molecule has 0 saturated carbocycles. The molecule has 0 aromatic heterocycles. The van der Waals surface area contributed by atoms with Crippen molar-refractivity contribution >= 4 is 15.7 Å². The third-order valence-corrected chi connectivity index (χ3v) is 6.63. The zero-order valence-corrected chi connectivity index (χ0v) is 15.8. The van der Waals surface area contributed by atoms with Crippen LogP contribution in [0.4, 0.5) is 5.69 Å². The number of nitro groups is 1. The van der Waals surface area contributed by atoms with Gasteiger partial charge in [0.05, 0.1) is 10.7 Å². The van der Waals surface area contributed by atoms with Crippen LogP contribution in [0.3, 0.4) is 0 Å². The second-order valence-electron chi connectivity index (χ2n) is 6.66. The maximum atomic E-state index is 12.6. The van der Waals surface area contributed by atoms with E-state index in [2.05, 4.69) is 17.0 Å². The van der Waals surface area contributed by atoms with Crippen molar-refractivity contribution in [3.05, 3.63) is 75.8 Å². The highest BCUT2D eigenvalue weighted by Gasteiger charge is 2.27. The van der Waals surface area contributed by atoms with Gasteiger partial charge in [0.25, 0.3) is 5.69 Å². The smallest absolute Gasteiger partial charge is 0.269 e. The molecule has 0 unspecified atom stereocenters. The van der Waals surface area contributed by atoms with Gasteiger partial charge in [-0.2, -0.15) is 4.31 Å². The lowest BCUT2D eigenvalue weighted by molar-refractivity contribution is -0.384. The van der Waals surface area contributed by atoms with E-state index in [0.717, 1.165) is 13.0 Å². The zero-order chi connectivity index (χ0) is 19.3. The van der Waals surface area contributed by atoms with E-state index in [4.69, 9.17) is 0 Å². The van der Waals surface area contributed by atoms with Gasteiger partial charge in [0.2, 0.25) is 10.0 Å². The van der Waals surface area contributed by atoms with E-state index in [9.17, 15) is 18.5 Å². The van der Waals surface area contributed by atoms with Crippen molar-refractivity contribution in [1.29, 1.82) is 0 Å². The summed E-state index contributed by atoms with van der Waals surface area (Å²) in [5.74, 6) is -0.130. The molecule has 1 saturated heterocycles. The van der Waals surface area contributed by atoms with E-state index in [1.165, 1.54) is 34.1 Å². The minimum Gasteiger partial charge on any atom is -0.300 e. The van der Waals surface area contributed by atoms with E-state index in [-0.39, 0.29) is 11.4 Å². The van der Waals surface area contributed by atoms with Crippen LogP contribution in [0.25, 0.3) is 0 Å². The van der Waals surface area contributed by atoms with Crippen LogP contribution in [-0.2, 0) is 22.2 Å². The lowest BCUT2D eigenvalue weighted by atomic mass is 10.1. The van der Waals surface area contributed by atoms with Crippen LogP contribution in [0.1, 0.15) is 11.1 Å². The van der Waals surface area contributed by atoms with E-state index in [1.54, 1.807) is 0 Å². The quantitative estimate of drug-likeness (QED) is 0.536. The molecule has 0 aliphatic carbocycles. The van der Waals surface area contributed by atoms with Crippen molar-refractivity contribution < 1.29 is 13.3 Å². The maximum absolute atomic E-state index is 12.6. The predicted octanol–water partition coefficient (Wildman–Crippen LogP) is 2.28. The van der Waals surface area contributed by atoms with Crippen molar-refractivity contribution in [2.45, 2.75) is 12.2 Å². The molecule has 3 rings (SSSR count). The average Bonchev–Trinajstić information content (AvgIpc) is 2.67. The van der Waals surface area contributed by atoms with Crippen LogP contribution in [-0.4, -0.2) is 55.3 Å². The molecule has 27 heavy (non-hydrogen) atoms.